The smallest absolute Gasteiger partial charge is 0.126 e. The van der Waals surface area contributed by atoms with Crippen LogP contribution in [0.5, 0.6) is 5.75 Å². The summed E-state index contributed by atoms with van der Waals surface area (Å²) in [5.74, 6) is 0.733. The van der Waals surface area contributed by atoms with Gasteiger partial charge in [0.05, 0.1) is 6.61 Å². The summed E-state index contributed by atoms with van der Waals surface area (Å²) in [6.07, 6.45) is 0. The van der Waals surface area contributed by atoms with Crippen LogP contribution in [0.3, 0.4) is 0 Å². The highest BCUT2D eigenvalue weighted by Gasteiger charge is 2.06. The molecule has 3 heteroatoms. The second-order valence-electron chi connectivity index (χ2n) is 5.19. The molecule has 112 valence electrons. The fraction of sp³-hybridized carbons (Fsp3) is 0.333. The Morgan fingerprint density at radius 3 is 2.48 bits per heavy atom. The molecule has 2 aromatic carbocycles. The molecule has 0 bridgehead atoms. The number of nitrogens with one attached hydrogen (secondary N) is 1. The van der Waals surface area contributed by atoms with Gasteiger partial charge in [-0.2, -0.15) is 0 Å². The van der Waals surface area contributed by atoms with E-state index in [-0.39, 0.29) is 11.9 Å². The topological polar surface area (TPSA) is 21.3 Å². The molecule has 0 heterocycles. The summed E-state index contributed by atoms with van der Waals surface area (Å²) in [7, 11) is 0. The highest BCUT2D eigenvalue weighted by molar-refractivity contribution is 5.29. The number of hydrogen-bond acceptors (Lipinski definition) is 2. The monoisotopic (exact) mass is 287 g/mol. The second-order valence-corrected chi connectivity index (χ2v) is 5.19. The van der Waals surface area contributed by atoms with Gasteiger partial charge in [-0.05, 0) is 55.7 Å². The van der Waals surface area contributed by atoms with Gasteiger partial charge in [-0.15, -0.1) is 0 Å². The molecule has 2 rings (SSSR count). The predicted octanol–water partition coefficient (Wildman–Crippen LogP) is 4.38. The Balaban J connectivity index is 1.94. The van der Waals surface area contributed by atoms with Gasteiger partial charge in [0, 0.05) is 12.6 Å². The van der Waals surface area contributed by atoms with Crippen LogP contribution in [0.1, 0.15) is 36.6 Å². The second kappa shape index (κ2) is 7.23. The van der Waals surface area contributed by atoms with Crippen LogP contribution in [0.4, 0.5) is 4.39 Å². The molecule has 0 saturated heterocycles. The molecule has 0 amide bonds. The van der Waals surface area contributed by atoms with Crippen LogP contribution in [0.25, 0.3) is 0 Å². The van der Waals surface area contributed by atoms with Crippen molar-refractivity contribution in [2.75, 3.05) is 6.61 Å². The molecule has 0 aliphatic heterocycles. The lowest BCUT2D eigenvalue weighted by Crippen LogP contribution is -2.18. The maximum Gasteiger partial charge on any atom is 0.126 e. The first-order chi connectivity index (χ1) is 10.1. The van der Waals surface area contributed by atoms with Crippen LogP contribution in [0.15, 0.2) is 42.5 Å². The molecular weight excluding hydrogens is 265 g/mol. The van der Waals surface area contributed by atoms with E-state index >= 15 is 0 Å². The molecule has 0 aliphatic carbocycles. The minimum atomic E-state index is -0.150. The lowest BCUT2D eigenvalue weighted by atomic mass is 10.1. The zero-order valence-electron chi connectivity index (χ0n) is 12.8. The van der Waals surface area contributed by atoms with Gasteiger partial charge in [-0.1, -0.05) is 24.3 Å². The molecule has 1 atom stereocenters. The van der Waals surface area contributed by atoms with Crippen LogP contribution in [0, 0.1) is 12.7 Å². The van der Waals surface area contributed by atoms with E-state index in [1.54, 1.807) is 13.0 Å². The van der Waals surface area contributed by atoms with Crippen molar-refractivity contribution in [3.05, 3.63) is 65.0 Å². The maximum atomic E-state index is 13.5. The van der Waals surface area contributed by atoms with E-state index in [1.165, 1.54) is 5.56 Å². The molecule has 21 heavy (non-hydrogen) atoms. The summed E-state index contributed by atoms with van der Waals surface area (Å²) in [6.45, 7) is 7.16. The fourth-order valence-corrected chi connectivity index (χ4v) is 2.15. The van der Waals surface area contributed by atoms with Crippen molar-refractivity contribution in [3.63, 3.8) is 0 Å². The van der Waals surface area contributed by atoms with E-state index < -0.39 is 0 Å². The van der Waals surface area contributed by atoms with Crippen molar-refractivity contribution in [2.24, 2.45) is 0 Å². The minimum Gasteiger partial charge on any atom is -0.494 e. The van der Waals surface area contributed by atoms with Crippen molar-refractivity contribution in [1.29, 1.82) is 0 Å². The summed E-state index contributed by atoms with van der Waals surface area (Å²) in [6, 6.07) is 13.6. The zero-order chi connectivity index (χ0) is 15.2. The Morgan fingerprint density at radius 1 is 1.14 bits per heavy atom. The lowest BCUT2D eigenvalue weighted by Gasteiger charge is -2.15. The van der Waals surface area contributed by atoms with Crippen molar-refractivity contribution in [3.8, 4) is 5.75 Å². The van der Waals surface area contributed by atoms with Crippen molar-refractivity contribution in [2.45, 2.75) is 33.4 Å². The number of aryl methyl sites for hydroxylation is 1. The fourth-order valence-electron chi connectivity index (χ4n) is 2.15. The van der Waals surface area contributed by atoms with Crippen LogP contribution in [0.2, 0.25) is 0 Å². The van der Waals surface area contributed by atoms with Crippen LogP contribution in [-0.2, 0) is 6.54 Å². The average Bonchev–Trinajstić information content (AvgIpc) is 2.49. The average molecular weight is 287 g/mol. The minimum absolute atomic E-state index is 0.150. The van der Waals surface area contributed by atoms with Gasteiger partial charge in [-0.3, -0.25) is 0 Å². The quantitative estimate of drug-likeness (QED) is 0.851. The number of ether oxygens (including phenoxy) is 1. The maximum absolute atomic E-state index is 13.5. The molecule has 0 aromatic heterocycles. The summed E-state index contributed by atoms with van der Waals surface area (Å²) < 4.78 is 18.9. The van der Waals surface area contributed by atoms with Crippen LogP contribution in [-0.4, -0.2) is 6.61 Å². The Kier molecular flexibility index (Phi) is 5.34. The molecule has 0 fully saturated rings. The highest BCUT2D eigenvalue weighted by atomic mass is 19.1. The third-order valence-electron chi connectivity index (χ3n) is 3.54. The van der Waals surface area contributed by atoms with E-state index in [4.69, 9.17) is 4.74 Å². The number of halogens is 1. The molecule has 1 N–H and O–H groups in total. The van der Waals surface area contributed by atoms with Crippen molar-refractivity contribution >= 4 is 0 Å². The van der Waals surface area contributed by atoms with Gasteiger partial charge in [0.2, 0.25) is 0 Å². The van der Waals surface area contributed by atoms with E-state index in [1.807, 2.05) is 31.2 Å². The van der Waals surface area contributed by atoms with Crippen molar-refractivity contribution in [1.82, 2.24) is 5.32 Å². The molecule has 2 nitrogen and oxygen atoms in total. The summed E-state index contributed by atoms with van der Waals surface area (Å²) in [5, 5.41) is 3.41. The Bertz CT molecular complexity index is 580. The Morgan fingerprint density at radius 2 is 1.86 bits per heavy atom. The van der Waals surface area contributed by atoms with Crippen LogP contribution >= 0.6 is 0 Å². The first kappa shape index (κ1) is 15.5. The molecule has 0 radical (unpaired) electrons. The molecular formula is C18H22FNO. The van der Waals surface area contributed by atoms with E-state index in [0.29, 0.717) is 18.7 Å². The highest BCUT2D eigenvalue weighted by Crippen LogP contribution is 2.18. The number of benzene rings is 2. The van der Waals surface area contributed by atoms with Gasteiger partial charge in [0.1, 0.15) is 11.6 Å². The molecule has 0 aliphatic rings. The van der Waals surface area contributed by atoms with Gasteiger partial charge >= 0.3 is 0 Å². The Hall–Kier alpha value is -1.87. The first-order valence-corrected chi connectivity index (χ1v) is 7.31. The first-order valence-electron chi connectivity index (χ1n) is 7.31. The van der Waals surface area contributed by atoms with Gasteiger partial charge < -0.3 is 10.1 Å². The van der Waals surface area contributed by atoms with Crippen LogP contribution < -0.4 is 10.1 Å². The Labute approximate surface area is 126 Å². The standard InChI is InChI=1S/C18H22FNO/c1-4-21-17-9-7-16(8-10-17)14(3)20-12-15-6-5-13(2)18(19)11-15/h5-11,14,20H,4,12H2,1-3H3. The van der Waals surface area contributed by atoms with E-state index in [9.17, 15) is 4.39 Å². The number of hydrogen-bond donors (Lipinski definition) is 1. The third-order valence-corrected chi connectivity index (χ3v) is 3.54. The number of rotatable bonds is 6. The van der Waals surface area contributed by atoms with E-state index in [0.717, 1.165) is 11.3 Å². The van der Waals surface area contributed by atoms with Gasteiger partial charge in [0.15, 0.2) is 0 Å². The third kappa shape index (κ3) is 4.30. The molecule has 1 unspecified atom stereocenters. The molecule has 0 spiro atoms. The van der Waals surface area contributed by atoms with Gasteiger partial charge in [-0.25, -0.2) is 4.39 Å². The lowest BCUT2D eigenvalue weighted by molar-refractivity contribution is 0.340. The SMILES string of the molecule is CCOc1ccc(C(C)NCc2ccc(C)c(F)c2)cc1. The van der Waals surface area contributed by atoms with E-state index in [2.05, 4.69) is 24.4 Å². The van der Waals surface area contributed by atoms with Crippen molar-refractivity contribution < 1.29 is 9.13 Å². The van der Waals surface area contributed by atoms with Gasteiger partial charge in [0.25, 0.3) is 0 Å². The zero-order valence-corrected chi connectivity index (χ0v) is 12.8. The molecule has 0 saturated carbocycles. The predicted molar refractivity (Wildman–Crippen MR) is 84.0 cm³/mol. The summed E-state index contributed by atoms with van der Waals surface area (Å²) in [5.41, 5.74) is 2.82. The summed E-state index contributed by atoms with van der Waals surface area (Å²) in [4.78, 5) is 0. The normalized spacial score (nSPS) is 12.2. The molecule has 2 aromatic rings. The largest absolute Gasteiger partial charge is 0.494 e. The summed E-state index contributed by atoms with van der Waals surface area (Å²) >= 11 is 0.